The van der Waals surface area contributed by atoms with Crippen molar-refractivity contribution in [3.8, 4) is 16.9 Å². The molecule has 10 heteroatoms. The minimum atomic E-state index is -0.684. The Hall–Kier alpha value is -3.40. The summed E-state index contributed by atoms with van der Waals surface area (Å²) in [5.74, 6) is -0.500. The summed E-state index contributed by atoms with van der Waals surface area (Å²) >= 11 is 6.07. The number of hydrogen-bond acceptors (Lipinski definition) is 6. The van der Waals surface area contributed by atoms with Crippen LogP contribution in [0, 0.1) is 18.8 Å². The van der Waals surface area contributed by atoms with Crippen molar-refractivity contribution in [2.45, 2.75) is 25.7 Å². The summed E-state index contributed by atoms with van der Waals surface area (Å²) < 4.78 is 22.7. The van der Waals surface area contributed by atoms with Gasteiger partial charge in [0.15, 0.2) is 0 Å². The van der Waals surface area contributed by atoms with Gasteiger partial charge in [0.1, 0.15) is 5.78 Å². The number of nitrogens with zero attached hydrogens (tertiary/aromatic N) is 6. The lowest BCUT2D eigenvalue weighted by atomic mass is 9.85. The maximum absolute atomic E-state index is 13.8. The van der Waals surface area contributed by atoms with Gasteiger partial charge >= 0.3 is 0 Å². The highest BCUT2D eigenvalue weighted by atomic mass is 35.5. The molecule has 39 heavy (non-hydrogen) atoms. The minimum absolute atomic E-state index is 0.00163. The van der Waals surface area contributed by atoms with Crippen molar-refractivity contribution in [2.24, 2.45) is 13.0 Å². The van der Waals surface area contributed by atoms with Crippen molar-refractivity contribution in [1.29, 1.82) is 0 Å². The summed E-state index contributed by atoms with van der Waals surface area (Å²) in [7, 11) is 3.55. The Bertz CT molecular complexity index is 1450. The van der Waals surface area contributed by atoms with Crippen molar-refractivity contribution in [1.82, 2.24) is 29.4 Å². The second-order valence-electron chi connectivity index (χ2n) is 10.2. The van der Waals surface area contributed by atoms with E-state index in [1.165, 1.54) is 6.20 Å². The van der Waals surface area contributed by atoms with Gasteiger partial charge in [0.05, 0.1) is 34.9 Å². The molecule has 3 aromatic heterocycles. The number of pyridine rings is 1. The number of ether oxygens (including phenoxy) is 1. The second kappa shape index (κ2) is 11.8. The summed E-state index contributed by atoms with van der Waals surface area (Å²) in [5.41, 5.74) is 5.29. The fourth-order valence-electron chi connectivity index (χ4n) is 5.48. The predicted molar refractivity (Wildman–Crippen MR) is 148 cm³/mol. The van der Waals surface area contributed by atoms with E-state index in [1.807, 2.05) is 55.2 Å². The topological polar surface area (TPSA) is 78.1 Å². The van der Waals surface area contributed by atoms with E-state index in [0.29, 0.717) is 13.0 Å². The van der Waals surface area contributed by atoms with Gasteiger partial charge in [-0.15, -0.1) is 0 Å². The van der Waals surface area contributed by atoms with Crippen molar-refractivity contribution in [3.05, 3.63) is 82.8 Å². The van der Waals surface area contributed by atoms with Crippen LogP contribution in [-0.4, -0.2) is 68.6 Å². The molecule has 0 aliphatic carbocycles. The van der Waals surface area contributed by atoms with Crippen LogP contribution in [0.15, 0.2) is 55.0 Å². The Balaban J connectivity index is 1.42. The molecule has 0 radical (unpaired) electrons. The number of likely N-dealkylation sites (tertiary alicyclic amines) is 1. The van der Waals surface area contributed by atoms with Crippen LogP contribution in [0.1, 0.15) is 29.2 Å². The minimum Gasteiger partial charge on any atom is -0.383 e. The summed E-state index contributed by atoms with van der Waals surface area (Å²) in [6.07, 6.45) is 5.88. The molecule has 8 nitrogen and oxygen atoms in total. The summed E-state index contributed by atoms with van der Waals surface area (Å²) in [6.45, 7) is 4.84. The Kier molecular flexibility index (Phi) is 8.20. The number of methoxy groups -OCH3 is 1. The standard InChI is InChI=1S/C29H32ClFN6O2/c1-19-27(37(23-7-5-4-6-8-23)34-28(19)22-15-33-35(2)16-22)13-24(38)11-21-17-36(9-10-39-3)18-25(21)20-12-26(30)29(31)32-14-20/h4-8,12,14-16,21,25H,9-11,13,17-18H2,1-3H3/t21-,25+/m1/s1. The molecule has 5 rings (SSSR count). The molecule has 1 fully saturated rings. The molecular formula is C29H32ClFN6O2. The van der Waals surface area contributed by atoms with Crippen LogP contribution in [0.2, 0.25) is 5.02 Å². The van der Waals surface area contributed by atoms with Crippen molar-refractivity contribution in [2.75, 3.05) is 33.4 Å². The van der Waals surface area contributed by atoms with Crippen LogP contribution in [0.25, 0.3) is 16.9 Å². The zero-order valence-electron chi connectivity index (χ0n) is 22.3. The maximum atomic E-state index is 13.8. The summed E-state index contributed by atoms with van der Waals surface area (Å²) in [5, 5.41) is 9.20. The van der Waals surface area contributed by atoms with Crippen LogP contribution < -0.4 is 0 Å². The van der Waals surface area contributed by atoms with Crippen LogP contribution in [0.4, 0.5) is 4.39 Å². The number of aromatic nitrogens is 5. The molecule has 2 atom stereocenters. The van der Waals surface area contributed by atoms with Gasteiger partial charge in [0.2, 0.25) is 5.95 Å². The van der Waals surface area contributed by atoms with Crippen LogP contribution >= 0.6 is 11.6 Å². The molecule has 0 unspecified atom stereocenters. The van der Waals surface area contributed by atoms with Gasteiger partial charge < -0.3 is 9.64 Å². The first-order chi connectivity index (χ1) is 18.8. The number of hydrogen-bond donors (Lipinski definition) is 0. The summed E-state index contributed by atoms with van der Waals surface area (Å²) in [4.78, 5) is 19.8. The number of aryl methyl sites for hydroxylation is 1. The largest absolute Gasteiger partial charge is 0.383 e. The monoisotopic (exact) mass is 550 g/mol. The number of carbonyl (C=O) groups is 1. The van der Waals surface area contributed by atoms with Crippen LogP contribution in [0.3, 0.4) is 0 Å². The van der Waals surface area contributed by atoms with Crippen molar-refractivity contribution in [3.63, 3.8) is 0 Å². The average Bonchev–Trinajstić information content (AvgIpc) is 3.62. The summed E-state index contributed by atoms with van der Waals surface area (Å²) in [6, 6.07) is 11.5. The number of para-hydroxylation sites is 1. The normalized spacial score (nSPS) is 17.7. The Morgan fingerprint density at radius 1 is 1.21 bits per heavy atom. The average molecular weight is 551 g/mol. The third-order valence-corrected chi connectivity index (χ3v) is 7.72. The SMILES string of the molecule is COCCN1C[C@@H](CC(=O)Cc2c(C)c(-c3cnn(C)c3)nn2-c2ccccc2)[C@H](c2cnc(F)c(Cl)c2)C1. The molecule has 0 N–H and O–H groups in total. The first-order valence-corrected chi connectivity index (χ1v) is 13.4. The van der Waals surface area contributed by atoms with Crippen molar-refractivity contribution >= 4 is 17.4 Å². The number of halogens is 2. The zero-order chi connectivity index (χ0) is 27.5. The molecular weight excluding hydrogens is 519 g/mol. The van der Waals surface area contributed by atoms with Crippen molar-refractivity contribution < 1.29 is 13.9 Å². The molecule has 4 aromatic rings. The number of ketones is 1. The highest BCUT2D eigenvalue weighted by Gasteiger charge is 2.35. The fourth-order valence-corrected chi connectivity index (χ4v) is 5.65. The zero-order valence-corrected chi connectivity index (χ0v) is 23.1. The van der Waals surface area contributed by atoms with E-state index in [2.05, 4.69) is 15.0 Å². The van der Waals surface area contributed by atoms with E-state index < -0.39 is 5.95 Å². The van der Waals surface area contributed by atoms with E-state index in [0.717, 1.165) is 53.4 Å². The fraction of sp³-hybridized carbons (Fsp3) is 0.379. The lowest BCUT2D eigenvalue weighted by Gasteiger charge is -2.18. The van der Waals surface area contributed by atoms with E-state index in [-0.39, 0.29) is 29.1 Å². The molecule has 1 aromatic carbocycles. The number of Topliss-reactive ketones (excluding diaryl/α,β-unsaturated/α-hetero) is 1. The second-order valence-corrected chi connectivity index (χ2v) is 10.6. The predicted octanol–water partition coefficient (Wildman–Crippen LogP) is 4.63. The molecule has 4 heterocycles. The van der Waals surface area contributed by atoms with Gasteiger partial charge in [-0.3, -0.25) is 9.48 Å². The number of benzene rings is 1. The molecule has 0 spiro atoms. The third-order valence-electron chi connectivity index (χ3n) is 7.45. The smallest absolute Gasteiger partial charge is 0.231 e. The molecule has 1 aliphatic rings. The molecule has 1 aliphatic heterocycles. The lowest BCUT2D eigenvalue weighted by Crippen LogP contribution is -2.25. The highest BCUT2D eigenvalue weighted by molar-refractivity contribution is 6.30. The Morgan fingerprint density at radius 2 is 2.00 bits per heavy atom. The van der Waals surface area contributed by atoms with E-state index in [4.69, 9.17) is 21.4 Å². The highest BCUT2D eigenvalue weighted by Crippen LogP contribution is 2.36. The number of rotatable bonds is 10. The molecule has 0 amide bonds. The first-order valence-electron chi connectivity index (χ1n) is 13.0. The van der Waals surface area contributed by atoms with Gasteiger partial charge in [-0.2, -0.15) is 14.6 Å². The quantitative estimate of drug-likeness (QED) is 0.268. The van der Waals surface area contributed by atoms with E-state index >= 15 is 0 Å². The molecule has 204 valence electrons. The molecule has 0 saturated carbocycles. The van der Waals surface area contributed by atoms with Gasteiger partial charge in [0.25, 0.3) is 0 Å². The van der Waals surface area contributed by atoms with Gasteiger partial charge in [0, 0.05) is 70.5 Å². The van der Waals surface area contributed by atoms with Gasteiger partial charge in [-0.05, 0) is 42.2 Å². The van der Waals surface area contributed by atoms with E-state index in [9.17, 15) is 9.18 Å². The van der Waals surface area contributed by atoms with E-state index in [1.54, 1.807) is 24.1 Å². The third kappa shape index (κ3) is 5.95. The van der Waals surface area contributed by atoms with Gasteiger partial charge in [-0.1, -0.05) is 29.8 Å². The van der Waals surface area contributed by atoms with Crippen LogP contribution in [0.5, 0.6) is 0 Å². The first kappa shape index (κ1) is 27.2. The van der Waals surface area contributed by atoms with Crippen LogP contribution in [-0.2, 0) is 23.0 Å². The lowest BCUT2D eigenvalue weighted by molar-refractivity contribution is -0.119. The molecule has 1 saturated heterocycles. The number of carbonyl (C=O) groups excluding carboxylic acids is 1. The molecule has 0 bridgehead atoms. The maximum Gasteiger partial charge on any atom is 0.231 e. The van der Waals surface area contributed by atoms with Gasteiger partial charge in [-0.25, -0.2) is 9.67 Å². The Morgan fingerprint density at radius 3 is 2.69 bits per heavy atom. The Labute approximate surface area is 232 Å².